The standard InChI is InChI=1S/C17H21N4O2S/c1-10-6-7-11(2)12(8-10)9-24-16-18-13-14(19(16)3)20(4)17(23)21(5)15(13)22/h6-8,13H,9H2,1-5H3/q+1. The highest BCUT2D eigenvalue weighted by Gasteiger charge is 2.51. The molecule has 0 radical (unpaired) electrons. The van der Waals surface area contributed by atoms with Crippen molar-refractivity contribution in [1.82, 2.24) is 9.80 Å². The molecule has 0 bridgehead atoms. The molecule has 2 aliphatic heterocycles. The van der Waals surface area contributed by atoms with E-state index < -0.39 is 6.04 Å². The number of thioether (sulfide) groups is 1. The lowest BCUT2D eigenvalue weighted by molar-refractivity contribution is -0.367. The summed E-state index contributed by atoms with van der Waals surface area (Å²) in [6, 6.07) is 5.44. The molecule has 0 aliphatic carbocycles. The quantitative estimate of drug-likeness (QED) is 0.769. The summed E-state index contributed by atoms with van der Waals surface area (Å²) in [5.74, 6) is 1.13. The van der Waals surface area contributed by atoms with Crippen LogP contribution in [0, 0.1) is 13.8 Å². The Morgan fingerprint density at radius 3 is 2.62 bits per heavy atom. The number of benzene rings is 1. The number of carbonyl (C=O) groups excluding carboxylic acids is 2. The van der Waals surface area contributed by atoms with Crippen molar-refractivity contribution in [2.24, 2.45) is 4.99 Å². The van der Waals surface area contributed by atoms with Crippen molar-refractivity contribution in [3.8, 4) is 0 Å². The number of hydrogen-bond donors (Lipinski definition) is 0. The molecule has 24 heavy (non-hydrogen) atoms. The Morgan fingerprint density at radius 2 is 1.92 bits per heavy atom. The highest BCUT2D eigenvalue weighted by molar-refractivity contribution is 8.12. The number of aliphatic imine (C=N–C) groups is 1. The Kier molecular flexibility index (Phi) is 4.21. The van der Waals surface area contributed by atoms with Crippen LogP contribution in [-0.4, -0.2) is 64.5 Å². The molecule has 2 heterocycles. The normalized spacial score (nSPS) is 20.7. The largest absolute Gasteiger partial charge is 0.388 e. The van der Waals surface area contributed by atoms with E-state index in [0.717, 1.165) is 15.8 Å². The van der Waals surface area contributed by atoms with Crippen LogP contribution in [0.4, 0.5) is 4.79 Å². The van der Waals surface area contributed by atoms with E-state index in [2.05, 4.69) is 37.0 Å². The number of rotatable bonds is 2. The molecule has 1 aromatic rings. The summed E-state index contributed by atoms with van der Waals surface area (Å²) in [7, 11) is 5.03. The van der Waals surface area contributed by atoms with Crippen LogP contribution >= 0.6 is 11.8 Å². The Balaban J connectivity index is 1.85. The molecule has 1 atom stereocenters. The van der Waals surface area contributed by atoms with E-state index in [1.165, 1.54) is 28.6 Å². The van der Waals surface area contributed by atoms with Gasteiger partial charge in [0.15, 0.2) is 0 Å². The third-order valence-corrected chi connectivity index (χ3v) is 5.55. The third-order valence-electron chi connectivity index (χ3n) is 4.46. The zero-order chi connectivity index (χ0) is 17.6. The van der Waals surface area contributed by atoms with Crippen LogP contribution in [0.1, 0.15) is 16.7 Å². The van der Waals surface area contributed by atoms with Crippen LogP contribution in [0.3, 0.4) is 0 Å². The number of carbonyl (C=O) groups is 2. The molecule has 0 aromatic heterocycles. The van der Waals surface area contributed by atoms with Gasteiger partial charge < -0.3 is 0 Å². The molecular formula is C17H21N4O2S+. The second-order valence-electron chi connectivity index (χ2n) is 6.19. The van der Waals surface area contributed by atoms with Crippen LogP contribution < -0.4 is 0 Å². The van der Waals surface area contributed by atoms with E-state index in [4.69, 9.17) is 0 Å². The predicted octanol–water partition coefficient (Wildman–Crippen LogP) is 1.84. The Morgan fingerprint density at radius 1 is 1.21 bits per heavy atom. The smallest absolute Gasteiger partial charge is 0.269 e. The van der Waals surface area contributed by atoms with Crippen molar-refractivity contribution in [3.05, 3.63) is 34.9 Å². The third kappa shape index (κ3) is 2.62. The summed E-state index contributed by atoms with van der Waals surface area (Å²) in [4.78, 5) is 31.6. The monoisotopic (exact) mass is 345 g/mol. The molecule has 2 aliphatic rings. The summed E-state index contributed by atoms with van der Waals surface area (Å²) >= 11 is 1.59. The second kappa shape index (κ2) is 6.05. The van der Waals surface area contributed by atoms with E-state index in [-0.39, 0.29) is 11.9 Å². The van der Waals surface area contributed by atoms with Gasteiger partial charge in [0.2, 0.25) is 0 Å². The Bertz CT molecular complexity index is 800. The number of nitrogens with zero attached hydrogens (tertiary/aromatic N) is 4. The summed E-state index contributed by atoms with van der Waals surface area (Å²) in [5, 5.41) is 0.763. The molecule has 1 unspecified atom stereocenters. The van der Waals surface area contributed by atoms with Crippen LogP contribution in [-0.2, 0) is 10.5 Å². The van der Waals surface area contributed by atoms with Crippen molar-refractivity contribution >= 4 is 34.7 Å². The van der Waals surface area contributed by atoms with E-state index in [9.17, 15) is 9.59 Å². The van der Waals surface area contributed by atoms with Gasteiger partial charge in [-0.1, -0.05) is 23.8 Å². The van der Waals surface area contributed by atoms with Gasteiger partial charge in [-0.2, -0.15) is 0 Å². The molecule has 0 spiro atoms. The fourth-order valence-corrected chi connectivity index (χ4v) is 4.01. The van der Waals surface area contributed by atoms with Crippen molar-refractivity contribution in [2.75, 3.05) is 21.1 Å². The van der Waals surface area contributed by atoms with Gasteiger partial charge in [0.25, 0.3) is 23.0 Å². The van der Waals surface area contributed by atoms with Crippen LogP contribution in [0.25, 0.3) is 0 Å². The zero-order valence-electron chi connectivity index (χ0n) is 14.5. The van der Waals surface area contributed by atoms with E-state index in [1.54, 1.807) is 18.8 Å². The summed E-state index contributed by atoms with van der Waals surface area (Å²) in [6.45, 7) is 4.17. The summed E-state index contributed by atoms with van der Waals surface area (Å²) < 4.78 is 1.85. The van der Waals surface area contributed by atoms with Gasteiger partial charge in [0.1, 0.15) is 0 Å². The molecule has 1 aromatic carbocycles. The minimum Gasteiger partial charge on any atom is -0.269 e. The Hall–Kier alpha value is -2.15. The SMILES string of the molecule is Cc1ccc(C)c(CSC2=NC3C(=O)N(C)C(=O)N(C)C3=[N+]2C)c1. The first-order chi connectivity index (χ1) is 11.3. The molecule has 1 fully saturated rings. The maximum atomic E-state index is 12.3. The van der Waals surface area contributed by atoms with Crippen molar-refractivity contribution in [1.29, 1.82) is 0 Å². The zero-order valence-corrected chi connectivity index (χ0v) is 15.3. The highest BCUT2D eigenvalue weighted by atomic mass is 32.2. The lowest BCUT2D eigenvalue weighted by atomic mass is 10.1. The second-order valence-corrected chi connectivity index (χ2v) is 7.13. The van der Waals surface area contributed by atoms with E-state index in [1.807, 2.05) is 11.6 Å². The van der Waals surface area contributed by atoms with Crippen LogP contribution in [0.15, 0.2) is 23.2 Å². The van der Waals surface area contributed by atoms with Gasteiger partial charge in [0, 0.05) is 12.8 Å². The molecule has 6 nitrogen and oxygen atoms in total. The molecule has 1 saturated heterocycles. The number of hydrogen-bond acceptors (Lipinski definition) is 4. The number of urea groups is 1. The number of imide groups is 1. The van der Waals surface area contributed by atoms with E-state index in [0.29, 0.717) is 5.84 Å². The lowest BCUT2D eigenvalue weighted by Gasteiger charge is -2.27. The molecule has 3 rings (SSSR count). The van der Waals surface area contributed by atoms with Gasteiger partial charge >= 0.3 is 6.03 Å². The first kappa shape index (κ1) is 16.7. The average Bonchev–Trinajstić information content (AvgIpc) is 2.88. The molecular weight excluding hydrogens is 324 g/mol. The van der Waals surface area contributed by atoms with Crippen molar-refractivity contribution in [3.63, 3.8) is 0 Å². The lowest BCUT2D eigenvalue weighted by Crippen LogP contribution is -2.59. The fourth-order valence-electron chi connectivity index (χ4n) is 2.94. The number of amides is 3. The first-order valence-corrected chi connectivity index (χ1v) is 8.72. The minimum atomic E-state index is -0.621. The van der Waals surface area contributed by atoms with Gasteiger partial charge in [-0.15, -0.1) is 4.99 Å². The van der Waals surface area contributed by atoms with Crippen molar-refractivity contribution in [2.45, 2.75) is 25.6 Å². The molecule has 126 valence electrons. The summed E-state index contributed by atoms with van der Waals surface area (Å²) in [6.07, 6.45) is 0. The average molecular weight is 345 g/mol. The minimum absolute atomic E-state index is 0.276. The van der Waals surface area contributed by atoms with Gasteiger partial charge in [-0.05, 0) is 36.7 Å². The topological polar surface area (TPSA) is 56.0 Å². The van der Waals surface area contributed by atoms with Crippen molar-refractivity contribution < 1.29 is 14.2 Å². The maximum Gasteiger partial charge on any atom is 0.388 e. The molecule has 0 saturated carbocycles. The molecule has 3 amide bonds. The summed E-state index contributed by atoms with van der Waals surface area (Å²) in [5.41, 5.74) is 3.72. The van der Waals surface area contributed by atoms with Gasteiger partial charge in [0.05, 0.1) is 14.1 Å². The fraction of sp³-hybridized carbons (Fsp3) is 0.412. The highest BCUT2D eigenvalue weighted by Crippen LogP contribution is 2.25. The van der Waals surface area contributed by atoms with Gasteiger partial charge in [-0.25, -0.2) is 14.3 Å². The van der Waals surface area contributed by atoms with E-state index >= 15 is 0 Å². The van der Waals surface area contributed by atoms with Crippen LogP contribution in [0.2, 0.25) is 0 Å². The maximum absolute atomic E-state index is 12.3. The molecule has 0 N–H and O–H groups in total. The molecule has 7 heteroatoms. The number of aryl methyl sites for hydroxylation is 2. The number of fused-ring (bicyclic) bond motifs is 1. The number of amidine groups is 2. The number of likely N-dealkylation sites (N-methyl/N-ethyl adjacent to an activating group) is 2. The van der Waals surface area contributed by atoms with Gasteiger partial charge in [-0.3, -0.25) is 9.69 Å². The first-order valence-electron chi connectivity index (χ1n) is 7.74. The predicted molar refractivity (Wildman–Crippen MR) is 95.6 cm³/mol. The van der Waals surface area contributed by atoms with Crippen LogP contribution in [0.5, 0.6) is 0 Å². The Labute approximate surface area is 145 Å².